The number of aryl methyl sites for hydroxylation is 2. The molecule has 1 heterocycles. The maximum atomic E-state index is 11.8. The van der Waals surface area contributed by atoms with Gasteiger partial charge in [-0.15, -0.1) is 0 Å². The number of amides is 1. The summed E-state index contributed by atoms with van der Waals surface area (Å²) in [6.45, 7) is 1.43. The van der Waals surface area contributed by atoms with E-state index in [2.05, 4.69) is 23.5 Å². The molecule has 0 saturated carbocycles. The summed E-state index contributed by atoms with van der Waals surface area (Å²) in [6, 6.07) is 6.81. The van der Waals surface area contributed by atoms with Crippen LogP contribution in [0, 0.1) is 0 Å². The van der Waals surface area contributed by atoms with E-state index in [0.29, 0.717) is 6.54 Å². The molecule has 1 unspecified atom stereocenters. The lowest BCUT2D eigenvalue weighted by molar-refractivity contribution is -0.129. The first-order valence-corrected chi connectivity index (χ1v) is 7.83. The van der Waals surface area contributed by atoms with Gasteiger partial charge in [0.05, 0.1) is 0 Å². The van der Waals surface area contributed by atoms with Crippen molar-refractivity contribution in [3.05, 3.63) is 34.9 Å². The number of carbonyl (C=O) groups excluding carboxylic acids is 1. The van der Waals surface area contributed by atoms with E-state index in [1.54, 1.807) is 0 Å². The molecule has 3 nitrogen and oxygen atoms in total. The first-order valence-electron chi connectivity index (χ1n) is 7.83. The van der Waals surface area contributed by atoms with Crippen LogP contribution < -0.4 is 5.32 Å². The average Bonchev–Trinajstić information content (AvgIpc) is 3.01. The zero-order valence-corrected chi connectivity index (χ0v) is 12.0. The molecule has 0 spiro atoms. The maximum Gasteiger partial charge on any atom is 0.249 e. The van der Waals surface area contributed by atoms with Crippen molar-refractivity contribution in [3.63, 3.8) is 0 Å². The summed E-state index contributed by atoms with van der Waals surface area (Å²) < 4.78 is 5.38. The smallest absolute Gasteiger partial charge is 0.249 e. The third-order valence-electron chi connectivity index (χ3n) is 4.35. The van der Waals surface area contributed by atoms with E-state index < -0.39 is 0 Å². The first kappa shape index (κ1) is 13.6. The molecular formula is C17H23NO2. The monoisotopic (exact) mass is 273 g/mol. The third-order valence-corrected chi connectivity index (χ3v) is 4.35. The van der Waals surface area contributed by atoms with Gasteiger partial charge in [0.25, 0.3) is 0 Å². The SMILES string of the molecule is O=C(NCCc1ccc2c(c1)CCCC2)C1CCCO1. The molecule has 1 aromatic rings. The van der Waals surface area contributed by atoms with Crippen molar-refractivity contribution < 1.29 is 9.53 Å². The summed E-state index contributed by atoms with van der Waals surface area (Å²) in [5, 5.41) is 2.99. The molecule has 3 rings (SSSR count). The lowest BCUT2D eigenvalue weighted by Gasteiger charge is -2.17. The third kappa shape index (κ3) is 3.21. The van der Waals surface area contributed by atoms with E-state index >= 15 is 0 Å². The molecular weight excluding hydrogens is 250 g/mol. The Morgan fingerprint density at radius 2 is 2.05 bits per heavy atom. The van der Waals surface area contributed by atoms with Crippen LogP contribution >= 0.6 is 0 Å². The van der Waals surface area contributed by atoms with Crippen LogP contribution in [0.2, 0.25) is 0 Å². The second-order valence-electron chi connectivity index (χ2n) is 5.85. The zero-order chi connectivity index (χ0) is 13.8. The Kier molecular flexibility index (Phi) is 4.36. The molecule has 1 atom stereocenters. The van der Waals surface area contributed by atoms with Gasteiger partial charge in [0, 0.05) is 13.2 Å². The van der Waals surface area contributed by atoms with E-state index in [1.807, 2.05) is 0 Å². The molecule has 1 N–H and O–H groups in total. The Morgan fingerprint density at radius 3 is 2.85 bits per heavy atom. The van der Waals surface area contributed by atoms with Gasteiger partial charge in [-0.05, 0) is 61.6 Å². The molecule has 2 aliphatic rings. The molecule has 1 aliphatic heterocycles. The molecule has 0 aromatic heterocycles. The Labute approximate surface area is 120 Å². The zero-order valence-electron chi connectivity index (χ0n) is 12.0. The summed E-state index contributed by atoms with van der Waals surface area (Å²) in [7, 11) is 0. The van der Waals surface area contributed by atoms with E-state index in [9.17, 15) is 4.79 Å². The van der Waals surface area contributed by atoms with Gasteiger partial charge in [0.2, 0.25) is 5.91 Å². The highest BCUT2D eigenvalue weighted by Gasteiger charge is 2.22. The summed E-state index contributed by atoms with van der Waals surface area (Å²) >= 11 is 0. The van der Waals surface area contributed by atoms with Gasteiger partial charge in [-0.2, -0.15) is 0 Å². The minimum atomic E-state index is -0.210. The van der Waals surface area contributed by atoms with Crippen LogP contribution in [0.3, 0.4) is 0 Å². The van der Waals surface area contributed by atoms with E-state index in [0.717, 1.165) is 25.9 Å². The number of fused-ring (bicyclic) bond motifs is 1. The molecule has 3 heteroatoms. The van der Waals surface area contributed by atoms with Crippen molar-refractivity contribution in [2.75, 3.05) is 13.2 Å². The largest absolute Gasteiger partial charge is 0.368 e. The fourth-order valence-corrected chi connectivity index (χ4v) is 3.17. The van der Waals surface area contributed by atoms with E-state index in [4.69, 9.17) is 4.74 Å². The van der Waals surface area contributed by atoms with Crippen molar-refractivity contribution in [2.24, 2.45) is 0 Å². The first-order chi connectivity index (χ1) is 9.83. The molecule has 1 aromatic carbocycles. The number of hydrogen-bond acceptors (Lipinski definition) is 2. The summed E-state index contributed by atoms with van der Waals surface area (Å²) in [5.74, 6) is 0.0560. The van der Waals surface area contributed by atoms with Crippen molar-refractivity contribution >= 4 is 5.91 Å². The van der Waals surface area contributed by atoms with Crippen LogP contribution in [0.15, 0.2) is 18.2 Å². The molecule has 20 heavy (non-hydrogen) atoms. The number of carbonyl (C=O) groups is 1. The van der Waals surface area contributed by atoms with Crippen LogP contribution in [0.4, 0.5) is 0 Å². The minimum Gasteiger partial charge on any atom is -0.368 e. The lowest BCUT2D eigenvalue weighted by atomic mass is 9.90. The van der Waals surface area contributed by atoms with Gasteiger partial charge in [0.15, 0.2) is 0 Å². The summed E-state index contributed by atoms with van der Waals surface area (Å²) in [6.07, 6.45) is 7.64. The van der Waals surface area contributed by atoms with Crippen LogP contribution in [-0.2, 0) is 28.8 Å². The highest BCUT2D eigenvalue weighted by molar-refractivity contribution is 5.80. The Balaban J connectivity index is 1.49. The molecule has 1 amide bonds. The predicted octanol–water partition coefficient (Wildman–Crippen LogP) is 2.40. The van der Waals surface area contributed by atoms with Crippen LogP contribution in [0.5, 0.6) is 0 Å². The molecule has 0 radical (unpaired) electrons. The van der Waals surface area contributed by atoms with Crippen molar-refractivity contribution in [1.29, 1.82) is 0 Å². The van der Waals surface area contributed by atoms with E-state index in [1.165, 1.54) is 42.4 Å². The van der Waals surface area contributed by atoms with E-state index in [-0.39, 0.29) is 12.0 Å². The number of benzene rings is 1. The maximum absolute atomic E-state index is 11.8. The Bertz CT molecular complexity index is 478. The number of rotatable bonds is 4. The topological polar surface area (TPSA) is 38.3 Å². The normalized spacial score (nSPS) is 21.5. The predicted molar refractivity (Wildman–Crippen MR) is 78.8 cm³/mol. The van der Waals surface area contributed by atoms with Gasteiger partial charge in [-0.25, -0.2) is 0 Å². The highest BCUT2D eigenvalue weighted by Crippen LogP contribution is 2.22. The van der Waals surface area contributed by atoms with Crippen molar-refractivity contribution in [3.8, 4) is 0 Å². The van der Waals surface area contributed by atoms with Crippen LogP contribution in [0.25, 0.3) is 0 Å². The number of hydrogen-bond donors (Lipinski definition) is 1. The van der Waals surface area contributed by atoms with Crippen molar-refractivity contribution in [2.45, 2.75) is 51.0 Å². The fourth-order valence-electron chi connectivity index (χ4n) is 3.17. The van der Waals surface area contributed by atoms with Crippen LogP contribution in [-0.4, -0.2) is 25.2 Å². The van der Waals surface area contributed by atoms with Gasteiger partial charge in [0.1, 0.15) is 6.10 Å². The van der Waals surface area contributed by atoms with Gasteiger partial charge in [-0.1, -0.05) is 18.2 Å². The molecule has 108 valence electrons. The number of nitrogens with one attached hydrogen (secondary N) is 1. The second-order valence-corrected chi connectivity index (χ2v) is 5.85. The Morgan fingerprint density at radius 1 is 1.20 bits per heavy atom. The Hall–Kier alpha value is -1.35. The van der Waals surface area contributed by atoms with Crippen LogP contribution in [0.1, 0.15) is 42.4 Å². The average molecular weight is 273 g/mol. The van der Waals surface area contributed by atoms with Gasteiger partial charge < -0.3 is 10.1 Å². The second kappa shape index (κ2) is 6.40. The minimum absolute atomic E-state index is 0.0560. The van der Waals surface area contributed by atoms with Gasteiger partial charge >= 0.3 is 0 Å². The fraction of sp³-hybridized carbons (Fsp3) is 0.588. The van der Waals surface area contributed by atoms with Gasteiger partial charge in [-0.3, -0.25) is 4.79 Å². The molecule has 1 fully saturated rings. The summed E-state index contributed by atoms with van der Waals surface area (Å²) in [4.78, 5) is 11.8. The van der Waals surface area contributed by atoms with Crippen molar-refractivity contribution in [1.82, 2.24) is 5.32 Å². The molecule has 1 saturated heterocycles. The highest BCUT2D eigenvalue weighted by atomic mass is 16.5. The quantitative estimate of drug-likeness (QED) is 0.915. The summed E-state index contributed by atoms with van der Waals surface area (Å²) in [5.41, 5.74) is 4.36. The standard InChI is InChI=1S/C17H23NO2/c19-17(16-6-3-11-20-16)18-10-9-13-7-8-14-4-1-2-5-15(14)12-13/h7-8,12,16H,1-6,9-11H2,(H,18,19). The lowest BCUT2D eigenvalue weighted by Crippen LogP contribution is -2.35. The molecule has 0 bridgehead atoms. The molecule has 1 aliphatic carbocycles. The number of ether oxygens (including phenoxy) is 1.